The summed E-state index contributed by atoms with van der Waals surface area (Å²) < 4.78 is 10.4. The van der Waals surface area contributed by atoms with Crippen molar-refractivity contribution < 1.29 is 19.4 Å². The first kappa shape index (κ1) is 9.11. The van der Waals surface area contributed by atoms with Crippen LogP contribution in [-0.4, -0.2) is 18.5 Å². The molecule has 0 aromatic heterocycles. The Morgan fingerprint density at radius 3 is 3.07 bits per heavy atom. The third kappa shape index (κ3) is 1.59. The van der Waals surface area contributed by atoms with Crippen LogP contribution in [0.25, 0.3) is 0 Å². The first-order valence-corrected chi connectivity index (χ1v) is 4.24. The summed E-state index contributed by atoms with van der Waals surface area (Å²) in [5, 5.41) is 9.37. The van der Waals surface area contributed by atoms with E-state index in [4.69, 9.17) is 15.4 Å². The lowest BCUT2D eigenvalue weighted by Gasteiger charge is -2.05. The molecule has 0 saturated heterocycles. The highest BCUT2D eigenvalue weighted by molar-refractivity contribution is 5.52. The lowest BCUT2D eigenvalue weighted by atomic mass is 10.1. The molecule has 1 aromatic rings. The minimum absolute atomic E-state index is 0.154. The van der Waals surface area contributed by atoms with Gasteiger partial charge < -0.3 is 19.4 Å². The monoisotopic (exact) mass is 197 g/mol. The Labute approximate surface area is 80.9 Å². The summed E-state index contributed by atoms with van der Waals surface area (Å²) in [5.41, 5.74) is 0.836. The second kappa shape index (κ2) is 3.73. The number of nitrogens with two attached hydrogens (primary N) is 1. The molecule has 5 nitrogen and oxygen atoms in total. The molecule has 0 aliphatic carbocycles. The van der Waals surface area contributed by atoms with Gasteiger partial charge in [-0.25, -0.2) is 5.90 Å². The van der Waals surface area contributed by atoms with Crippen LogP contribution in [0, 0.1) is 0 Å². The standard InChI is InChI=1S/C9H11NO4/c10-14-2-1-6-3-7(11)4-8-9(6)13-5-12-8/h3-4,11H,1-2,5,10H2. The quantitative estimate of drug-likeness (QED) is 0.692. The zero-order valence-electron chi connectivity index (χ0n) is 7.53. The van der Waals surface area contributed by atoms with Crippen LogP contribution in [0.1, 0.15) is 5.56 Å². The molecule has 76 valence electrons. The predicted octanol–water partition coefficient (Wildman–Crippen LogP) is 0.554. The molecule has 3 N–H and O–H groups in total. The molecular weight excluding hydrogens is 186 g/mol. The first-order chi connectivity index (χ1) is 6.81. The molecule has 0 amide bonds. The van der Waals surface area contributed by atoms with Gasteiger partial charge in [-0.05, 0) is 6.07 Å². The van der Waals surface area contributed by atoms with Crippen molar-refractivity contribution in [2.45, 2.75) is 6.42 Å². The number of phenolic OH excluding ortho intramolecular Hbond substituents is 1. The van der Waals surface area contributed by atoms with E-state index in [9.17, 15) is 5.11 Å². The van der Waals surface area contributed by atoms with Crippen LogP contribution in [0.4, 0.5) is 0 Å². The second-order valence-electron chi connectivity index (χ2n) is 2.96. The summed E-state index contributed by atoms with van der Waals surface area (Å²) in [6, 6.07) is 3.14. The highest BCUT2D eigenvalue weighted by Crippen LogP contribution is 2.39. The van der Waals surface area contributed by atoms with Crippen LogP contribution in [0.2, 0.25) is 0 Å². The van der Waals surface area contributed by atoms with E-state index in [1.165, 1.54) is 6.07 Å². The zero-order valence-corrected chi connectivity index (χ0v) is 7.53. The Balaban J connectivity index is 2.29. The molecule has 0 atom stereocenters. The lowest BCUT2D eigenvalue weighted by molar-refractivity contribution is 0.139. The molecule has 1 aromatic carbocycles. The molecule has 0 spiro atoms. The van der Waals surface area contributed by atoms with Crippen molar-refractivity contribution in [2.75, 3.05) is 13.4 Å². The minimum Gasteiger partial charge on any atom is -0.508 e. The third-order valence-corrected chi connectivity index (χ3v) is 2.02. The van der Waals surface area contributed by atoms with Crippen molar-refractivity contribution in [1.29, 1.82) is 0 Å². The molecule has 14 heavy (non-hydrogen) atoms. The van der Waals surface area contributed by atoms with Gasteiger partial charge in [-0.1, -0.05) is 0 Å². The van der Waals surface area contributed by atoms with Gasteiger partial charge in [-0.3, -0.25) is 0 Å². The van der Waals surface area contributed by atoms with Crippen LogP contribution in [0.3, 0.4) is 0 Å². The van der Waals surface area contributed by atoms with Gasteiger partial charge in [0.25, 0.3) is 0 Å². The molecule has 0 fully saturated rings. The van der Waals surface area contributed by atoms with Crippen molar-refractivity contribution in [3.63, 3.8) is 0 Å². The molecule has 1 heterocycles. The fraction of sp³-hybridized carbons (Fsp3) is 0.333. The van der Waals surface area contributed by atoms with Gasteiger partial charge >= 0.3 is 0 Å². The normalized spacial score (nSPS) is 13.2. The lowest BCUT2D eigenvalue weighted by Crippen LogP contribution is -2.04. The summed E-state index contributed by atoms with van der Waals surface area (Å²) in [6.07, 6.45) is 0.580. The van der Waals surface area contributed by atoms with E-state index in [1.54, 1.807) is 6.07 Å². The number of benzene rings is 1. The summed E-state index contributed by atoms with van der Waals surface area (Å²) in [6.45, 7) is 0.564. The predicted molar refractivity (Wildman–Crippen MR) is 48.1 cm³/mol. The smallest absolute Gasteiger partial charge is 0.231 e. The molecule has 0 saturated carbocycles. The van der Waals surface area contributed by atoms with Gasteiger partial charge in [0, 0.05) is 18.1 Å². The van der Waals surface area contributed by atoms with Gasteiger partial charge in [0.2, 0.25) is 6.79 Å². The van der Waals surface area contributed by atoms with Crippen molar-refractivity contribution >= 4 is 0 Å². The molecule has 0 unspecified atom stereocenters. The van der Waals surface area contributed by atoms with E-state index < -0.39 is 0 Å². The average molecular weight is 197 g/mol. The van der Waals surface area contributed by atoms with E-state index in [0.29, 0.717) is 24.5 Å². The Morgan fingerprint density at radius 2 is 2.29 bits per heavy atom. The third-order valence-electron chi connectivity index (χ3n) is 2.02. The molecule has 0 bridgehead atoms. The molecule has 5 heteroatoms. The maximum atomic E-state index is 9.37. The van der Waals surface area contributed by atoms with Crippen molar-refractivity contribution in [3.8, 4) is 17.2 Å². The molecular formula is C9H11NO4. The Bertz CT molecular complexity index is 340. The summed E-state index contributed by atoms with van der Waals surface area (Å²) in [7, 11) is 0. The van der Waals surface area contributed by atoms with E-state index in [-0.39, 0.29) is 12.5 Å². The van der Waals surface area contributed by atoms with E-state index in [0.717, 1.165) is 5.56 Å². The molecule has 0 radical (unpaired) electrons. The number of ether oxygens (including phenoxy) is 2. The Morgan fingerprint density at radius 1 is 1.43 bits per heavy atom. The van der Waals surface area contributed by atoms with Crippen LogP contribution in [-0.2, 0) is 11.3 Å². The number of fused-ring (bicyclic) bond motifs is 1. The number of hydrogen-bond acceptors (Lipinski definition) is 5. The van der Waals surface area contributed by atoms with Crippen LogP contribution >= 0.6 is 0 Å². The average Bonchev–Trinajstić information content (AvgIpc) is 2.61. The maximum absolute atomic E-state index is 9.37. The van der Waals surface area contributed by atoms with E-state index >= 15 is 0 Å². The van der Waals surface area contributed by atoms with Crippen LogP contribution in [0.5, 0.6) is 17.2 Å². The van der Waals surface area contributed by atoms with E-state index in [1.807, 2.05) is 0 Å². The molecule has 1 aliphatic rings. The summed E-state index contributed by atoms with van der Waals surface area (Å²) in [5.74, 6) is 6.31. The first-order valence-electron chi connectivity index (χ1n) is 4.24. The van der Waals surface area contributed by atoms with Crippen molar-refractivity contribution in [2.24, 2.45) is 5.90 Å². The number of rotatable bonds is 3. The number of phenols is 1. The zero-order chi connectivity index (χ0) is 9.97. The maximum Gasteiger partial charge on any atom is 0.231 e. The number of hydrogen-bond donors (Lipinski definition) is 2. The molecule has 2 rings (SSSR count). The second-order valence-corrected chi connectivity index (χ2v) is 2.96. The van der Waals surface area contributed by atoms with E-state index in [2.05, 4.69) is 4.84 Å². The van der Waals surface area contributed by atoms with Gasteiger partial charge in [0.15, 0.2) is 11.5 Å². The summed E-state index contributed by atoms with van der Waals surface area (Å²) >= 11 is 0. The highest BCUT2D eigenvalue weighted by Gasteiger charge is 2.18. The van der Waals surface area contributed by atoms with Gasteiger partial charge in [-0.15, -0.1) is 0 Å². The highest BCUT2D eigenvalue weighted by atomic mass is 16.7. The Kier molecular flexibility index (Phi) is 2.43. The van der Waals surface area contributed by atoms with Gasteiger partial charge in [0.05, 0.1) is 6.61 Å². The van der Waals surface area contributed by atoms with Crippen molar-refractivity contribution in [3.05, 3.63) is 17.7 Å². The van der Waals surface area contributed by atoms with Crippen LogP contribution < -0.4 is 15.4 Å². The number of aromatic hydroxyl groups is 1. The topological polar surface area (TPSA) is 73.9 Å². The summed E-state index contributed by atoms with van der Waals surface area (Å²) in [4.78, 5) is 4.47. The largest absolute Gasteiger partial charge is 0.508 e. The fourth-order valence-electron chi connectivity index (χ4n) is 1.42. The molecule has 1 aliphatic heterocycles. The van der Waals surface area contributed by atoms with Gasteiger partial charge in [0.1, 0.15) is 5.75 Å². The Hall–Kier alpha value is -1.46. The fourth-order valence-corrected chi connectivity index (χ4v) is 1.42. The SMILES string of the molecule is NOCCc1cc(O)cc2c1OCO2. The van der Waals surface area contributed by atoms with Gasteiger partial charge in [-0.2, -0.15) is 0 Å². The van der Waals surface area contributed by atoms with Crippen LogP contribution in [0.15, 0.2) is 12.1 Å². The van der Waals surface area contributed by atoms with Crippen molar-refractivity contribution in [1.82, 2.24) is 0 Å². The minimum atomic E-state index is 0.154.